The first-order valence-electron chi connectivity index (χ1n) is 7.00. The van der Waals surface area contributed by atoms with Crippen LogP contribution >= 0.6 is 11.3 Å². The third-order valence-electron chi connectivity index (χ3n) is 3.60. The number of piperidine rings is 1. The van der Waals surface area contributed by atoms with Crippen molar-refractivity contribution >= 4 is 27.3 Å². The standard InChI is InChI=1S/C13H21N3O3S2/c1-10-9-15-12(20-10)3-6-14-13(17)11-4-7-16(8-5-11)21(2,18)19/h9,11H,3-8H2,1-2H3,(H,14,17). The van der Waals surface area contributed by atoms with Gasteiger partial charge in [0.2, 0.25) is 15.9 Å². The molecular weight excluding hydrogens is 310 g/mol. The van der Waals surface area contributed by atoms with E-state index < -0.39 is 10.0 Å². The Balaban J connectivity index is 1.72. The van der Waals surface area contributed by atoms with Crippen molar-refractivity contribution in [1.29, 1.82) is 0 Å². The summed E-state index contributed by atoms with van der Waals surface area (Å²) in [4.78, 5) is 17.5. The molecule has 2 rings (SSSR count). The van der Waals surface area contributed by atoms with Crippen molar-refractivity contribution in [3.8, 4) is 0 Å². The lowest BCUT2D eigenvalue weighted by molar-refractivity contribution is -0.126. The highest BCUT2D eigenvalue weighted by Crippen LogP contribution is 2.19. The van der Waals surface area contributed by atoms with Crippen LogP contribution in [0.4, 0.5) is 0 Å². The van der Waals surface area contributed by atoms with Crippen molar-refractivity contribution < 1.29 is 13.2 Å². The Morgan fingerprint density at radius 1 is 1.48 bits per heavy atom. The van der Waals surface area contributed by atoms with Gasteiger partial charge in [-0.25, -0.2) is 17.7 Å². The van der Waals surface area contributed by atoms with Gasteiger partial charge in [0, 0.05) is 43.0 Å². The fourth-order valence-electron chi connectivity index (χ4n) is 2.40. The van der Waals surface area contributed by atoms with E-state index in [4.69, 9.17) is 0 Å². The van der Waals surface area contributed by atoms with Crippen LogP contribution < -0.4 is 5.32 Å². The van der Waals surface area contributed by atoms with Gasteiger partial charge in [0.1, 0.15) is 0 Å². The summed E-state index contributed by atoms with van der Waals surface area (Å²) in [6, 6.07) is 0. The van der Waals surface area contributed by atoms with E-state index in [1.54, 1.807) is 11.3 Å². The number of carbonyl (C=O) groups excluding carboxylic acids is 1. The minimum atomic E-state index is -3.13. The predicted octanol–water partition coefficient (Wildman–Crippen LogP) is 0.782. The van der Waals surface area contributed by atoms with E-state index in [0.29, 0.717) is 32.5 Å². The largest absolute Gasteiger partial charge is 0.355 e. The number of sulfonamides is 1. The molecule has 1 fully saturated rings. The average Bonchev–Trinajstić information content (AvgIpc) is 2.83. The summed E-state index contributed by atoms with van der Waals surface area (Å²) in [5.41, 5.74) is 0. The van der Waals surface area contributed by atoms with Crippen molar-refractivity contribution in [2.24, 2.45) is 5.92 Å². The van der Waals surface area contributed by atoms with Gasteiger partial charge >= 0.3 is 0 Å². The first kappa shape index (κ1) is 16.4. The Hall–Kier alpha value is -0.990. The highest BCUT2D eigenvalue weighted by molar-refractivity contribution is 7.88. The molecule has 118 valence electrons. The number of thiazole rings is 1. The molecule has 1 aliphatic rings. The summed E-state index contributed by atoms with van der Waals surface area (Å²) in [5.74, 6) is -0.0579. The van der Waals surface area contributed by atoms with E-state index in [2.05, 4.69) is 10.3 Å². The number of rotatable bonds is 5. The zero-order valence-corrected chi connectivity index (χ0v) is 14.0. The van der Waals surface area contributed by atoms with Crippen LogP contribution in [0.3, 0.4) is 0 Å². The van der Waals surface area contributed by atoms with Gasteiger partial charge in [0.15, 0.2) is 0 Å². The van der Waals surface area contributed by atoms with Crippen LogP contribution in [0.15, 0.2) is 6.20 Å². The smallest absolute Gasteiger partial charge is 0.223 e. The van der Waals surface area contributed by atoms with Crippen LogP contribution in [0.2, 0.25) is 0 Å². The van der Waals surface area contributed by atoms with E-state index in [1.165, 1.54) is 15.4 Å². The van der Waals surface area contributed by atoms with Crippen LogP contribution in [-0.4, -0.2) is 49.5 Å². The Kier molecular flexibility index (Phi) is 5.34. The van der Waals surface area contributed by atoms with Gasteiger partial charge in [0.25, 0.3) is 0 Å². The molecule has 1 N–H and O–H groups in total. The Morgan fingerprint density at radius 2 is 2.14 bits per heavy atom. The SMILES string of the molecule is Cc1cnc(CCNC(=O)C2CCN(S(C)(=O)=O)CC2)s1. The molecule has 1 aromatic rings. The number of aromatic nitrogens is 1. The van der Waals surface area contributed by atoms with Crippen LogP contribution in [0, 0.1) is 12.8 Å². The summed E-state index contributed by atoms with van der Waals surface area (Å²) in [5, 5.41) is 3.95. The molecule has 0 radical (unpaired) electrons. The maximum atomic E-state index is 12.1. The van der Waals surface area contributed by atoms with Gasteiger partial charge in [-0.05, 0) is 19.8 Å². The minimum absolute atomic E-state index is 0.0245. The summed E-state index contributed by atoms with van der Waals surface area (Å²) in [6.45, 7) is 3.46. The molecule has 0 atom stereocenters. The maximum absolute atomic E-state index is 12.1. The monoisotopic (exact) mass is 331 g/mol. The van der Waals surface area contributed by atoms with Gasteiger partial charge < -0.3 is 5.32 Å². The van der Waals surface area contributed by atoms with Crippen molar-refractivity contribution in [2.45, 2.75) is 26.2 Å². The molecule has 0 aromatic carbocycles. The Labute approximate surface area is 129 Å². The fraction of sp³-hybridized carbons (Fsp3) is 0.692. The van der Waals surface area contributed by atoms with Crippen molar-refractivity contribution in [3.05, 3.63) is 16.1 Å². The molecule has 1 aromatic heterocycles. The number of nitrogens with one attached hydrogen (secondary N) is 1. The minimum Gasteiger partial charge on any atom is -0.355 e. The molecule has 0 bridgehead atoms. The number of carbonyl (C=O) groups is 1. The van der Waals surface area contributed by atoms with Gasteiger partial charge in [-0.2, -0.15) is 0 Å². The normalized spacial score (nSPS) is 17.8. The molecule has 21 heavy (non-hydrogen) atoms. The zero-order chi connectivity index (χ0) is 15.5. The molecule has 8 heteroatoms. The molecule has 2 heterocycles. The molecule has 1 amide bonds. The molecule has 0 unspecified atom stereocenters. The lowest BCUT2D eigenvalue weighted by Gasteiger charge is -2.29. The predicted molar refractivity (Wildman–Crippen MR) is 82.7 cm³/mol. The van der Waals surface area contributed by atoms with Crippen LogP contribution in [-0.2, 0) is 21.2 Å². The Morgan fingerprint density at radius 3 is 2.67 bits per heavy atom. The average molecular weight is 331 g/mol. The van der Waals surface area contributed by atoms with E-state index in [1.807, 2.05) is 13.1 Å². The van der Waals surface area contributed by atoms with Gasteiger partial charge in [-0.1, -0.05) is 0 Å². The van der Waals surface area contributed by atoms with E-state index in [0.717, 1.165) is 11.4 Å². The number of amides is 1. The van der Waals surface area contributed by atoms with Gasteiger partial charge in [0.05, 0.1) is 11.3 Å². The third kappa shape index (κ3) is 4.76. The van der Waals surface area contributed by atoms with Crippen molar-refractivity contribution in [2.75, 3.05) is 25.9 Å². The first-order valence-corrected chi connectivity index (χ1v) is 9.67. The topological polar surface area (TPSA) is 79.4 Å². The molecule has 1 saturated heterocycles. The van der Waals surface area contributed by atoms with E-state index >= 15 is 0 Å². The van der Waals surface area contributed by atoms with E-state index in [-0.39, 0.29) is 11.8 Å². The second-order valence-electron chi connectivity index (χ2n) is 5.34. The number of aryl methyl sites for hydroxylation is 1. The highest BCUT2D eigenvalue weighted by Gasteiger charge is 2.28. The van der Waals surface area contributed by atoms with Crippen molar-refractivity contribution in [1.82, 2.24) is 14.6 Å². The summed E-state index contributed by atoms with van der Waals surface area (Å²) in [7, 11) is -3.13. The summed E-state index contributed by atoms with van der Waals surface area (Å²) >= 11 is 1.64. The lowest BCUT2D eigenvalue weighted by atomic mass is 9.97. The van der Waals surface area contributed by atoms with Gasteiger partial charge in [-0.3, -0.25) is 4.79 Å². The Bertz CT molecular complexity index is 590. The van der Waals surface area contributed by atoms with Gasteiger partial charge in [-0.15, -0.1) is 11.3 Å². The maximum Gasteiger partial charge on any atom is 0.223 e. The van der Waals surface area contributed by atoms with E-state index in [9.17, 15) is 13.2 Å². The van der Waals surface area contributed by atoms with Crippen molar-refractivity contribution in [3.63, 3.8) is 0 Å². The second-order valence-corrected chi connectivity index (χ2v) is 8.64. The third-order valence-corrected chi connectivity index (χ3v) is 5.88. The van der Waals surface area contributed by atoms with Crippen LogP contribution in [0.25, 0.3) is 0 Å². The summed E-state index contributed by atoms with van der Waals surface area (Å²) in [6.07, 6.45) is 4.98. The number of nitrogens with zero attached hydrogens (tertiary/aromatic N) is 2. The summed E-state index contributed by atoms with van der Waals surface area (Å²) < 4.78 is 24.3. The fourth-order valence-corrected chi connectivity index (χ4v) is 4.06. The molecule has 0 spiro atoms. The molecule has 6 nitrogen and oxygen atoms in total. The number of hydrogen-bond donors (Lipinski definition) is 1. The first-order chi connectivity index (χ1) is 9.86. The quantitative estimate of drug-likeness (QED) is 0.865. The molecule has 0 aliphatic carbocycles. The van der Waals surface area contributed by atoms with Crippen LogP contribution in [0.5, 0.6) is 0 Å². The lowest BCUT2D eigenvalue weighted by Crippen LogP contribution is -2.42. The molecule has 0 saturated carbocycles. The van der Waals surface area contributed by atoms with Crippen LogP contribution in [0.1, 0.15) is 22.7 Å². The molecule has 1 aliphatic heterocycles. The molecular formula is C13H21N3O3S2. The second kappa shape index (κ2) is 6.85. The zero-order valence-electron chi connectivity index (χ0n) is 12.3. The highest BCUT2D eigenvalue weighted by atomic mass is 32.2. The number of hydrogen-bond acceptors (Lipinski definition) is 5.